The summed E-state index contributed by atoms with van der Waals surface area (Å²) in [5.41, 5.74) is 0.495. The topological polar surface area (TPSA) is 76.2 Å². The first-order valence-electron chi connectivity index (χ1n) is 6.09. The molecule has 0 saturated carbocycles. The fourth-order valence-electron chi connectivity index (χ4n) is 1.90. The molecule has 0 radical (unpaired) electrons. The normalized spacial score (nSPS) is 9.95. The van der Waals surface area contributed by atoms with Gasteiger partial charge in [0, 0.05) is 11.6 Å². The second kappa shape index (κ2) is 6.01. The lowest BCUT2D eigenvalue weighted by atomic mass is 10.1. The van der Waals surface area contributed by atoms with E-state index in [0.717, 1.165) is 0 Å². The lowest BCUT2D eigenvalue weighted by Crippen LogP contribution is -2.03. The minimum absolute atomic E-state index is 0.0876. The Kier molecular flexibility index (Phi) is 4.14. The fraction of sp³-hybridized carbons (Fsp3) is 0.133. The van der Waals surface area contributed by atoms with Crippen molar-refractivity contribution in [1.29, 1.82) is 5.26 Å². The van der Waals surface area contributed by atoms with Gasteiger partial charge in [0.2, 0.25) is 0 Å². The van der Waals surface area contributed by atoms with Crippen LogP contribution in [0.1, 0.15) is 16.7 Å². The van der Waals surface area contributed by atoms with Gasteiger partial charge in [0.05, 0.1) is 10.5 Å². The molecule has 0 bridgehead atoms. The van der Waals surface area contributed by atoms with Crippen molar-refractivity contribution in [2.75, 3.05) is 0 Å². The Morgan fingerprint density at radius 2 is 2.05 bits per heavy atom. The van der Waals surface area contributed by atoms with Crippen LogP contribution in [0.15, 0.2) is 36.4 Å². The van der Waals surface area contributed by atoms with Gasteiger partial charge in [-0.2, -0.15) is 5.26 Å². The largest absolute Gasteiger partial charge is 0.482 e. The molecule has 5 nitrogen and oxygen atoms in total. The minimum Gasteiger partial charge on any atom is -0.482 e. The molecule has 0 aromatic heterocycles. The van der Waals surface area contributed by atoms with Gasteiger partial charge in [-0.15, -0.1) is 0 Å². The number of rotatable bonds is 4. The molecule has 0 N–H and O–H groups in total. The van der Waals surface area contributed by atoms with Gasteiger partial charge in [-0.05, 0) is 18.6 Å². The van der Waals surface area contributed by atoms with Crippen LogP contribution in [0.5, 0.6) is 5.75 Å². The highest BCUT2D eigenvalue weighted by atomic mass is 19.1. The van der Waals surface area contributed by atoms with Crippen molar-refractivity contribution in [3.8, 4) is 11.8 Å². The molecule has 21 heavy (non-hydrogen) atoms. The average molecular weight is 286 g/mol. The molecule has 0 atom stereocenters. The van der Waals surface area contributed by atoms with E-state index in [2.05, 4.69) is 0 Å². The van der Waals surface area contributed by atoms with Crippen LogP contribution in [0.25, 0.3) is 0 Å². The van der Waals surface area contributed by atoms with Crippen molar-refractivity contribution in [3.05, 3.63) is 69.0 Å². The van der Waals surface area contributed by atoms with Crippen LogP contribution in [0.4, 0.5) is 10.1 Å². The molecule has 0 spiro atoms. The SMILES string of the molecule is Cc1cccc([N+](=O)[O-])c1OCc1cccc(C#N)c1F. The van der Waals surface area contributed by atoms with Crippen molar-refractivity contribution in [3.63, 3.8) is 0 Å². The van der Waals surface area contributed by atoms with Gasteiger partial charge < -0.3 is 4.74 Å². The Bertz CT molecular complexity index is 738. The Morgan fingerprint density at radius 1 is 1.33 bits per heavy atom. The van der Waals surface area contributed by atoms with Gasteiger partial charge >= 0.3 is 5.69 Å². The molecule has 0 aliphatic heterocycles. The molecule has 0 amide bonds. The molecule has 0 saturated heterocycles. The highest BCUT2D eigenvalue weighted by molar-refractivity contribution is 5.51. The van der Waals surface area contributed by atoms with E-state index < -0.39 is 10.7 Å². The van der Waals surface area contributed by atoms with Crippen LogP contribution < -0.4 is 4.74 Å². The Morgan fingerprint density at radius 3 is 2.71 bits per heavy atom. The molecule has 106 valence electrons. The zero-order valence-electron chi connectivity index (χ0n) is 11.2. The second-order valence-electron chi connectivity index (χ2n) is 4.36. The van der Waals surface area contributed by atoms with Gasteiger partial charge in [0.15, 0.2) is 5.75 Å². The Labute approximate surface area is 120 Å². The molecule has 0 aliphatic carbocycles. The molecule has 2 aromatic carbocycles. The standard InChI is InChI=1S/C15H11FN2O3/c1-10-4-2-7-13(18(19)20)15(10)21-9-12-6-3-5-11(8-17)14(12)16/h2-7H,9H2,1H3. The Balaban J connectivity index is 2.30. The summed E-state index contributed by atoms with van der Waals surface area (Å²) in [6.45, 7) is 1.48. The molecule has 6 heteroatoms. The van der Waals surface area contributed by atoms with Gasteiger partial charge in [-0.25, -0.2) is 4.39 Å². The maximum atomic E-state index is 13.9. The molecule has 2 aromatic rings. The summed E-state index contributed by atoms with van der Waals surface area (Å²) in [5, 5.41) is 19.7. The highest BCUT2D eigenvalue weighted by Gasteiger charge is 2.18. The third-order valence-electron chi connectivity index (χ3n) is 2.96. The molecule has 0 heterocycles. The number of hydrogen-bond acceptors (Lipinski definition) is 4. The molecular formula is C15H11FN2O3. The predicted octanol–water partition coefficient (Wildman–Crippen LogP) is 3.49. The number of ether oxygens (including phenoxy) is 1. The Hall–Kier alpha value is -2.94. The number of nitriles is 1. The van der Waals surface area contributed by atoms with Crippen LogP contribution in [0.2, 0.25) is 0 Å². The van der Waals surface area contributed by atoms with Gasteiger partial charge in [0.1, 0.15) is 18.5 Å². The molecular weight excluding hydrogens is 275 g/mol. The second-order valence-corrected chi connectivity index (χ2v) is 4.36. The van der Waals surface area contributed by atoms with E-state index >= 15 is 0 Å². The van der Waals surface area contributed by atoms with E-state index in [9.17, 15) is 14.5 Å². The van der Waals surface area contributed by atoms with Gasteiger partial charge in [-0.3, -0.25) is 10.1 Å². The van der Waals surface area contributed by atoms with E-state index in [1.807, 2.05) is 0 Å². The first kappa shape index (κ1) is 14.5. The van der Waals surface area contributed by atoms with Crippen LogP contribution in [0.3, 0.4) is 0 Å². The number of halogens is 1. The van der Waals surface area contributed by atoms with E-state index in [1.54, 1.807) is 25.1 Å². The summed E-state index contributed by atoms with van der Waals surface area (Å²) < 4.78 is 19.3. The summed E-state index contributed by atoms with van der Waals surface area (Å²) in [5.74, 6) is -0.569. The van der Waals surface area contributed by atoms with Crippen molar-refractivity contribution < 1.29 is 14.1 Å². The van der Waals surface area contributed by atoms with Gasteiger partial charge in [-0.1, -0.05) is 24.3 Å². The number of hydrogen-bond donors (Lipinski definition) is 0. The summed E-state index contributed by atoms with van der Waals surface area (Å²) in [6, 6.07) is 10.6. The third-order valence-corrected chi connectivity index (χ3v) is 2.96. The minimum atomic E-state index is -0.670. The van der Waals surface area contributed by atoms with Gasteiger partial charge in [0.25, 0.3) is 0 Å². The van der Waals surface area contributed by atoms with Crippen LogP contribution in [0, 0.1) is 34.2 Å². The number of benzene rings is 2. The van der Waals surface area contributed by atoms with E-state index in [0.29, 0.717) is 5.56 Å². The van der Waals surface area contributed by atoms with Crippen molar-refractivity contribution >= 4 is 5.69 Å². The van der Waals surface area contributed by atoms with E-state index in [4.69, 9.17) is 10.00 Å². The summed E-state index contributed by atoms with van der Waals surface area (Å²) in [7, 11) is 0. The monoisotopic (exact) mass is 286 g/mol. The lowest BCUT2D eigenvalue weighted by Gasteiger charge is -2.10. The number of nitrogens with zero attached hydrogens (tertiary/aromatic N) is 2. The van der Waals surface area contributed by atoms with Crippen LogP contribution in [-0.2, 0) is 6.61 Å². The molecule has 0 fully saturated rings. The number of nitro groups is 1. The lowest BCUT2D eigenvalue weighted by molar-refractivity contribution is -0.386. The van der Waals surface area contributed by atoms with Crippen molar-refractivity contribution in [2.24, 2.45) is 0 Å². The maximum absolute atomic E-state index is 13.9. The smallest absolute Gasteiger partial charge is 0.311 e. The zero-order chi connectivity index (χ0) is 15.4. The van der Waals surface area contributed by atoms with E-state index in [1.165, 1.54) is 24.3 Å². The van der Waals surface area contributed by atoms with Crippen LogP contribution in [-0.4, -0.2) is 4.92 Å². The zero-order valence-corrected chi connectivity index (χ0v) is 11.2. The number of aryl methyl sites for hydroxylation is 1. The summed E-state index contributed by atoms with van der Waals surface area (Å²) in [4.78, 5) is 10.4. The fourth-order valence-corrected chi connectivity index (χ4v) is 1.90. The molecule has 2 rings (SSSR count). The number of para-hydroxylation sites is 1. The van der Waals surface area contributed by atoms with Crippen molar-refractivity contribution in [1.82, 2.24) is 0 Å². The maximum Gasteiger partial charge on any atom is 0.311 e. The third kappa shape index (κ3) is 2.98. The molecule has 0 aliphatic rings. The first-order valence-corrected chi connectivity index (χ1v) is 6.09. The highest BCUT2D eigenvalue weighted by Crippen LogP contribution is 2.31. The summed E-state index contributed by atoms with van der Waals surface area (Å²) in [6.07, 6.45) is 0. The first-order chi connectivity index (χ1) is 10.0. The van der Waals surface area contributed by atoms with E-state index in [-0.39, 0.29) is 29.2 Å². The number of nitro benzene ring substituents is 1. The quantitative estimate of drug-likeness (QED) is 0.636. The average Bonchev–Trinajstić information content (AvgIpc) is 2.47. The van der Waals surface area contributed by atoms with Crippen LogP contribution >= 0.6 is 0 Å². The summed E-state index contributed by atoms with van der Waals surface area (Å²) >= 11 is 0. The predicted molar refractivity (Wildman–Crippen MR) is 73.3 cm³/mol. The van der Waals surface area contributed by atoms with Crippen molar-refractivity contribution in [2.45, 2.75) is 13.5 Å². The molecule has 0 unspecified atom stereocenters.